The summed E-state index contributed by atoms with van der Waals surface area (Å²) in [6, 6.07) is 2.28. The molecular formula is C22H17F4N5O4. The lowest BCUT2D eigenvalue weighted by Crippen LogP contribution is -2.22. The van der Waals surface area contributed by atoms with Crippen molar-refractivity contribution in [2.45, 2.75) is 12.6 Å². The van der Waals surface area contributed by atoms with Gasteiger partial charge in [0.05, 0.1) is 30.1 Å². The van der Waals surface area contributed by atoms with Gasteiger partial charge in [-0.3, -0.25) is 9.59 Å². The minimum absolute atomic E-state index is 0.0349. The van der Waals surface area contributed by atoms with Crippen molar-refractivity contribution in [3.63, 3.8) is 0 Å². The fraction of sp³-hybridized carbons (Fsp3) is 0.182. The molecule has 0 spiro atoms. The van der Waals surface area contributed by atoms with Crippen LogP contribution in [0.25, 0.3) is 0 Å². The van der Waals surface area contributed by atoms with Gasteiger partial charge in [-0.2, -0.15) is 18.2 Å². The van der Waals surface area contributed by atoms with Crippen LogP contribution in [-0.4, -0.2) is 47.5 Å². The van der Waals surface area contributed by atoms with E-state index in [9.17, 15) is 31.9 Å². The van der Waals surface area contributed by atoms with Crippen molar-refractivity contribution in [2.75, 3.05) is 19.5 Å². The first kappa shape index (κ1) is 25.2. The van der Waals surface area contributed by atoms with Gasteiger partial charge in [-0.1, -0.05) is 12.2 Å². The number of amides is 1. The molecule has 1 amide bonds. The van der Waals surface area contributed by atoms with E-state index in [0.29, 0.717) is 18.3 Å². The zero-order valence-electron chi connectivity index (χ0n) is 18.2. The number of anilines is 2. The van der Waals surface area contributed by atoms with Gasteiger partial charge in [-0.05, 0) is 18.2 Å². The lowest BCUT2D eigenvalue weighted by Gasteiger charge is -2.13. The Morgan fingerprint density at radius 1 is 1.23 bits per heavy atom. The average Bonchev–Trinajstić information content (AvgIpc) is 2.82. The molecule has 0 atom stereocenters. The number of likely N-dealkylation sites (N-methyl/N-ethyl adjacent to an activating group) is 1. The van der Waals surface area contributed by atoms with E-state index >= 15 is 0 Å². The zero-order chi connectivity index (χ0) is 25.8. The quantitative estimate of drug-likeness (QED) is 0.373. The fourth-order valence-electron chi connectivity index (χ4n) is 2.91. The molecule has 1 aromatic carbocycles. The van der Waals surface area contributed by atoms with Gasteiger partial charge in [0.2, 0.25) is 11.7 Å². The Labute approximate surface area is 195 Å². The number of aromatic nitrogens is 2. The Morgan fingerprint density at radius 2 is 1.97 bits per heavy atom. The van der Waals surface area contributed by atoms with E-state index in [1.165, 1.54) is 13.1 Å². The monoisotopic (exact) mass is 491 g/mol. The highest BCUT2D eigenvalue weighted by Gasteiger charge is 2.32. The molecule has 35 heavy (non-hydrogen) atoms. The highest BCUT2D eigenvalue weighted by atomic mass is 19.4. The highest BCUT2D eigenvalue weighted by Crippen LogP contribution is 2.33. The summed E-state index contributed by atoms with van der Waals surface area (Å²) >= 11 is 0. The number of alkyl halides is 3. The van der Waals surface area contributed by atoms with Gasteiger partial charge < -0.3 is 15.4 Å². The van der Waals surface area contributed by atoms with Crippen molar-refractivity contribution in [3.05, 3.63) is 65.1 Å². The van der Waals surface area contributed by atoms with Crippen molar-refractivity contribution < 1.29 is 36.7 Å². The van der Waals surface area contributed by atoms with Crippen molar-refractivity contribution in [2.24, 2.45) is 4.99 Å². The third kappa shape index (κ3) is 6.13. The van der Waals surface area contributed by atoms with Crippen molar-refractivity contribution in [3.8, 4) is 0 Å². The topological polar surface area (TPSA) is 123 Å². The molecule has 0 saturated carbocycles. The first-order valence-corrected chi connectivity index (χ1v) is 9.84. The lowest BCUT2D eigenvalue weighted by molar-refractivity contribution is -0.137. The third-order valence-electron chi connectivity index (χ3n) is 4.58. The predicted octanol–water partition coefficient (Wildman–Crippen LogP) is 3.44. The van der Waals surface area contributed by atoms with E-state index in [1.54, 1.807) is 6.08 Å². The molecule has 9 nitrogen and oxygen atoms in total. The van der Waals surface area contributed by atoms with Gasteiger partial charge in [0.25, 0.3) is 5.95 Å². The summed E-state index contributed by atoms with van der Waals surface area (Å²) in [5, 5.41) is 4.72. The van der Waals surface area contributed by atoms with E-state index in [0.717, 1.165) is 19.3 Å². The van der Waals surface area contributed by atoms with Crippen LogP contribution in [0.1, 0.15) is 22.3 Å². The van der Waals surface area contributed by atoms with Gasteiger partial charge in [0.15, 0.2) is 11.6 Å². The molecule has 0 radical (unpaired) electrons. The molecule has 3 rings (SSSR count). The van der Waals surface area contributed by atoms with Gasteiger partial charge in [-0.15, -0.1) is 0 Å². The third-order valence-corrected chi connectivity index (χ3v) is 4.58. The van der Waals surface area contributed by atoms with Gasteiger partial charge in [-0.25, -0.2) is 19.2 Å². The van der Waals surface area contributed by atoms with Crippen LogP contribution >= 0.6 is 0 Å². The number of ketones is 1. The number of aliphatic imine (C=N–C) groups is 1. The van der Waals surface area contributed by atoms with E-state index in [1.807, 2.05) is 0 Å². The van der Waals surface area contributed by atoms with Crippen LogP contribution in [0.4, 0.5) is 35.0 Å². The minimum atomic E-state index is -4.80. The van der Waals surface area contributed by atoms with Crippen LogP contribution in [0, 0.1) is 5.82 Å². The number of rotatable bonds is 5. The summed E-state index contributed by atoms with van der Waals surface area (Å²) in [6.45, 7) is 0. The standard InChI is InChI=1S/C22H17F4N5O4/c1-27-17(32)8-11-4-3-5-16(18(11)33)30-21-28-10-15(23)19(31-21)29-14-7-12(20(34)35-2)6-13(9-14)22(24,25)26/h3-4,6-10H,5H2,1-2H3,(H,27,32)(H,28,29,31). The number of hydrogen-bond acceptors (Lipinski definition) is 8. The molecule has 2 aromatic rings. The summed E-state index contributed by atoms with van der Waals surface area (Å²) in [6.07, 6.45) is 0.114. The smallest absolute Gasteiger partial charge is 0.416 e. The number of methoxy groups -OCH3 is 1. The van der Waals surface area contributed by atoms with Gasteiger partial charge in [0.1, 0.15) is 0 Å². The van der Waals surface area contributed by atoms with E-state index in [2.05, 4.69) is 30.3 Å². The molecule has 1 heterocycles. The highest BCUT2D eigenvalue weighted by molar-refractivity contribution is 6.48. The number of Topliss-reactive ketones (excluding diaryl/α,β-unsaturated/α-hetero) is 1. The minimum Gasteiger partial charge on any atom is -0.465 e. The van der Waals surface area contributed by atoms with Crippen LogP contribution < -0.4 is 10.6 Å². The molecule has 0 saturated heterocycles. The number of benzene rings is 1. The molecule has 1 aromatic heterocycles. The molecule has 1 aliphatic carbocycles. The molecule has 0 bridgehead atoms. The average molecular weight is 491 g/mol. The Hall–Kier alpha value is -4.42. The number of halogens is 4. The number of carbonyl (C=O) groups excluding carboxylic acids is 3. The Bertz CT molecular complexity index is 1290. The number of carbonyl (C=O) groups is 3. The lowest BCUT2D eigenvalue weighted by atomic mass is 9.98. The summed E-state index contributed by atoms with van der Waals surface area (Å²) in [5.74, 6) is -4.03. The van der Waals surface area contributed by atoms with Crippen LogP contribution in [0.5, 0.6) is 0 Å². The second kappa shape index (κ2) is 10.2. The fourth-order valence-corrected chi connectivity index (χ4v) is 2.91. The van der Waals surface area contributed by atoms with Crippen LogP contribution in [-0.2, 0) is 20.5 Å². The van der Waals surface area contributed by atoms with E-state index < -0.39 is 46.6 Å². The van der Waals surface area contributed by atoms with Crippen LogP contribution in [0.2, 0.25) is 0 Å². The largest absolute Gasteiger partial charge is 0.465 e. The second-order valence-corrected chi connectivity index (χ2v) is 6.99. The number of esters is 1. The maximum atomic E-state index is 14.3. The van der Waals surface area contributed by atoms with E-state index in [4.69, 9.17) is 0 Å². The van der Waals surface area contributed by atoms with E-state index in [-0.39, 0.29) is 29.3 Å². The molecule has 2 N–H and O–H groups in total. The first-order chi connectivity index (χ1) is 16.5. The maximum absolute atomic E-state index is 14.3. The normalized spacial score (nSPS) is 15.9. The van der Waals surface area contributed by atoms with Gasteiger partial charge >= 0.3 is 12.1 Å². The summed E-state index contributed by atoms with van der Waals surface area (Å²) in [7, 11) is 2.40. The van der Waals surface area contributed by atoms with Crippen molar-refractivity contribution in [1.82, 2.24) is 15.3 Å². The predicted molar refractivity (Wildman–Crippen MR) is 116 cm³/mol. The summed E-state index contributed by atoms with van der Waals surface area (Å²) < 4.78 is 58.6. The summed E-state index contributed by atoms with van der Waals surface area (Å²) in [5.41, 5.74) is -1.87. The Kier molecular flexibility index (Phi) is 7.37. The Morgan fingerprint density at radius 3 is 2.63 bits per heavy atom. The number of nitrogens with zero attached hydrogens (tertiary/aromatic N) is 3. The van der Waals surface area contributed by atoms with Crippen LogP contribution in [0.3, 0.4) is 0 Å². The number of hydrogen-bond donors (Lipinski definition) is 2. The van der Waals surface area contributed by atoms with Crippen LogP contribution in [0.15, 0.2) is 53.2 Å². The molecule has 182 valence electrons. The number of allylic oxidation sites excluding steroid dienone is 3. The first-order valence-electron chi connectivity index (χ1n) is 9.84. The molecular weight excluding hydrogens is 474 g/mol. The molecule has 1 aliphatic rings. The zero-order valence-corrected chi connectivity index (χ0v) is 18.2. The maximum Gasteiger partial charge on any atom is 0.416 e. The second-order valence-electron chi connectivity index (χ2n) is 6.99. The number of nitrogens with one attached hydrogen (secondary N) is 2. The molecule has 0 fully saturated rings. The molecule has 0 unspecified atom stereocenters. The number of ether oxygens (including phenoxy) is 1. The SMILES string of the molecule is CNC(=O)C=C1C=CCC(=Nc2ncc(F)c(Nc3cc(C(=O)OC)cc(C(F)(F)F)c3)n2)C1=O. The molecule has 0 aliphatic heterocycles. The Balaban J connectivity index is 1.96. The van der Waals surface area contributed by atoms with Gasteiger partial charge in [0, 0.05) is 30.8 Å². The molecule has 13 heteroatoms. The van der Waals surface area contributed by atoms with Crippen molar-refractivity contribution >= 4 is 40.8 Å². The van der Waals surface area contributed by atoms with Crippen molar-refractivity contribution in [1.29, 1.82) is 0 Å². The summed E-state index contributed by atoms with van der Waals surface area (Å²) in [4.78, 5) is 47.4.